The summed E-state index contributed by atoms with van der Waals surface area (Å²) in [6.07, 6.45) is 0. The molecule has 37 heavy (non-hydrogen) atoms. The van der Waals surface area contributed by atoms with Crippen LogP contribution in [0.2, 0.25) is 0 Å². The fourth-order valence-corrected chi connectivity index (χ4v) is 2.76. The molecule has 0 bridgehead atoms. The molecule has 0 fully saturated rings. The molecule has 0 N–H and O–H groups in total. The molecule has 0 heterocycles. The van der Waals surface area contributed by atoms with Gasteiger partial charge in [0.15, 0.2) is 0 Å². The molecule has 0 atom stereocenters. The fraction of sp³-hybridized carbons (Fsp3) is 0. The van der Waals surface area contributed by atoms with Crippen molar-refractivity contribution in [3.63, 3.8) is 0 Å². The summed E-state index contributed by atoms with van der Waals surface area (Å²) < 4.78 is 0. The van der Waals surface area contributed by atoms with Crippen LogP contribution in [0.25, 0.3) is 0 Å². The largest absolute Gasteiger partial charge is 0.568 e. The topological polar surface area (TPSA) is 0 Å². The third kappa shape index (κ3) is 15.5. The van der Waals surface area contributed by atoms with E-state index >= 15 is 0 Å². The second kappa shape index (κ2) is 22.0. The number of hydrogen-bond acceptors (Lipinski definition) is 0. The van der Waals surface area contributed by atoms with Gasteiger partial charge in [0, 0.05) is 51.2 Å². The van der Waals surface area contributed by atoms with Crippen LogP contribution in [0.15, 0.2) is 158 Å². The normalized spacial score (nSPS) is 8.00. The molecule has 0 amide bonds. The van der Waals surface area contributed by atoms with Crippen LogP contribution in [-0.2, 0) is 51.2 Å². The Balaban J connectivity index is 0.000000487. The van der Waals surface area contributed by atoms with E-state index < -0.39 is 0 Å². The third-order valence-corrected chi connectivity index (χ3v) is 4.46. The molecule has 0 aliphatic carbocycles. The molecule has 0 unspecified atom stereocenters. The van der Waals surface area contributed by atoms with E-state index in [1.807, 2.05) is 158 Å². The Hall–Kier alpha value is -3.22. The van der Waals surface area contributed by atoms with E-state index in [1.54, 1.807) is 0 Å². The molecule has 0 radical (unpaired) electrons. The summed E-state index contributed by atoms with van der Waals surface area (Å²) in [6, 6.07) is 52.0. The Morgan fingerprint density at radius 3 is 0.946 bits per heavy atom. The van der Waals surface area contributed by atoms with Gasteiger partial charge in [0.2, 0.25) is 0 Å². The average Bonchev–Trinajstić information content (AvgIpc) is 3.76. The van der Waals surface area contributed by atoms with Crippen LogP contribution in [0.5, 0.6) is 0 Å². The van der Waals surface area contributed by atoms with Crippen LogP contribution in [0.1, 0.15) is 22.3 Å². The van der Waals surface area contributed by atoms with Crippen LogP contribution in [0.3, 0.4) is 0 Å². The maximum Gasteiger partial charge on any atom is 0 e. The Kier molecular flexibility index (Phi) is 20.1. The Morgan fingerprint density at radius 2 is 0.676 bits per heavy atom. The quantitative estimate of drug-likeness (QED) is 0.0945. The Morgan fingerprint density at radius 1 is 0.378 bits per heavy atom. The summed E-state index contributed by atoms with van der Waals surface area (Å²) in [7, 11) is 0. The first kappa shape index (κ1) is 33.8. The summed E-state index contributed by atoms with van der Waals surface area (Å²) in [5.41, 5.74) is 4.32. The zero-order valence-corrected chi connectivity index (χ0v) is 23.4. The van der Waals surface area contributed by atoms with Gasteiger partial charge < -0.3 is 41.7 Å². The first-order valence-electron chi connectivity index (χ1n) is 11.1. The molecule has 0 aliphatic heterocycles. The molecule has 0 aromatic heterocycles. The van der Waals surface area contributed by atoms with Crippen molar-refractivity contribution < 1.29 is 51.2 Å². The molecule has 0 spiro atoms. The van der Waals surface area contributed by atoms with Gasteiger partial charge >= 0.3 is 0 Å². The fourth-order valence-electron chi connectivity index (χ4n) is 2.76. The molecule has 6 aromatic carbocycles. The van der Waals surface area contributed by atoms with Gasteiger partial charge in [0.25, 0.3) is 0 Å². The van der Waals surface area contributed by atoms with Crippen molar-refractivity contribution in [3.05, 3.63) is 180 Å². The Labute approximate surface area is 253 Å². The van der Waals surface area contributed by atoms with Gasteiger partial charge in [0.1, 0.15) is 0 Å². The smallest absolute Gasteiger partial charge is 0 e. The van der Waals surface area contributed by atoms with Gasteiger partial charge in [-0.1, -0.05) is 0 Å². The molecule has 0 nitrogen and oxygen atoms in total. The third-order valence-electron chi connectivity index (χ3n) is 4.46. The molecule has 3 heteroatoms. The van der Waals surface area contributed by atoms with Crippen molar-refractivity contribution in [2.24, 2.45) is 0 Å². The maximum atomic E-state index is 3.08. The maximum absolute atomic E-state index is 3.08. The molecule has 0 saturated carbocycles. The summed E-state index contributed by atoms with van der Waals surface area (Å²) in [4.78, 5) is 0. The van der Waals surface area contributed by atoms with E-state index in [0.717, 1.165) is 22.3 Å². The van der Waals surface area contributed by atoms with Gasteiger partial charge in [-0.2, -0.15) is 84.9 Å². The zero-order valence-electron chi connectivity index (χ0n) is 20.1. The van der Waals surface area contributed by atoms with E-state index in [1.165, 1.54) is 0 Å². The summed E-state index contributed by atoms with van der Waals surface area (Å²) in [5, 5.41) is 0. The molecule has 6 rings (SSSR count). The standard InChI is InChI=1S/2C12H8.2C5H5.3Fe/c2*1-2-6-11(5-1)9-10-12-7-3-4-8-12;2*1-2-4-5-3-1;;;/h2*1-8H;2*1-5H;;;/q-6;-2;2*-1;;;. The predicted octanol–water partition coefficient (Wildman–Crippen LogP) is 7.85. The van der Waals surface area contributed by atoms with Gasteiger partial charge in [-0.25, -0.2) is 29.8 Å². The first-order valence-corrected chi connectivity index (χ1v) is 11.1. The van der Waals surface area contributed by atoms with E-state index in [0.29, 0.717) is 0 Å². The van der Waals surface area contributed by atoms with E-state index in [9.17, 15) is 0 Å². The summed E-state index contributed by atoms with van der Waals surface area (Å²) in [6.45, 7) is 0. The minimum atomic E-state index is 0. The molecule has 0 saturated heterocycles. The minimum absolute atomic E-state index is 0. The van der Waals surface area contributed by atoms with E-state index in [4.69, 9.17) is 0 Å². The van der Waals surface area contributed by atoms with Crippen LogP contribution in [0.4, 0.5) is 0 Å². The zero-order chi connectivity index (χ0) is 23.5. The second-order valence-electron chi connectivity index (χ2n) is 7.12. The van der Waals surface area contributed by atoms with E-state index in [-0.39, 0.29) is 51.2 Å². The van der Waals surface area contributed by atoms with Gasteiger partial charge in [-0.05, 0) is 0 Å². The van der Waals surface area contributed by atoms with Gasteiger partial charge in [-0.3, -0.25) is 11.8 Å². The molecular formula is C34H26Fe3-10. The summed E-state index contributed by atoms with van der Waals surface area (Å²) in [5.74, 6) is 12.3. The minimum Gasteiger partial charge on any atom is -0.568 e. The van der Waals surface area contributed by atoms with Gasteiger partial charge in [0.05, 0.1) is 0 Å². The van der Waals surface area contributed by atoms with Crippen LogP contribution < -0.4 is 0 Å². The number of hydrogen-bond donors (Lipinski definition) is 0. The van der Waals surface area contributed by atoms with Crippen molar-refractivity contribution >= 4 is 0 Å². The second-order valence-corrected chi connectivity index (χ2v) is 7.12. The predicted molar refractivity (Wildman–Crippen MR) is 144 cm³/mol. The monoisotopic (exact) mass is 602 g/mol. The van der Waals surface area contributed by atoms with Crippen molar-refractivity contribution in [1.82, 2.24) is 0 Å². The van der Waals surface area contributed by atoms with Crippen molar-refractivity contribution in [2.45, 2.75) is 0 Å². The van der Waals surface area contributed by atoms with Crippen molar-refractivity contribution in [1.29, 1.82) is 0 Å². The SMILES string of the molecule is C(#C[c-]1[cH-][cH-][cH-][cH-]1)[c-]1cccc1.C(#C[c-]1cccc1)[c-]1cccc1.[Fe].[Fe].[Fe].c1cc[cH-]c1.c1cc[cH-]c1. The molecular weight excluding hydrogens is 576 g/mol. The molecule has 0 aliphatic rings. The molecule has 6 aromatic rings. The van der Waals surface area contributed by atoms with E-state index in [2.05, 4.69) is 23.7 Å². The van der Waals surface area contributed by atoms with Crippen LogP contribution in [-0.4, -0.2) is 0 Å². The first-order chi connectivity index (χ1) is 16.9. The van der Waals surface area contributed by atoms with Crippen LogP contribution in [0, 0.1) is 23.7 Å². The summed E-state index contributed by atoms with van der Waals surface area (Å²) >= 11 is 0. The number of rotatable bonds is 0. The Bertz CT molecular complexity index is 1090. The van der Waals surface area contributed by atoms with Crippen molar-refractivity contribution in [2.75, 3.05) is 0 Å². The van der Waals surface area contributed by atoms with Gasteiger partial charge in [-0.15, -0.1) is 35.4 Å². The average molecular weight is 602 g/mol. The van der Waals surface area contributed by atoms with Crippen LogP contribution >= 0.6 is 0 Å². The molecule has 196 valence electrons. The van der Waals surface area contributed by atoms with Crippen molar-refractivity contribution in [3.8, 4) is 23.7 Å².